The zero-order valence-corrected chi connectivity index (χ0v) is 14.0. The number of carbonyl (C=O) groups is 1. The third kappa shape index (κ3) is 3.74. The Labute approximate surface area is 135 Å². The van der Waals surface area contributed by atoms with Gasteiger partial charge in [0.15, 0.2) is 0 Å². The van der Waals surface area contributed by atoms with Crippen LogP contribution in [-0.2, 0) is 16.6 Å². The normalized spacial score (nSPS) is 12.1. The third-order valence-electron chi connectivity index (χ3n) is 2.48. The van der Waals surface area contributed by atoms with Gasteiger partial charge < -0.3 is 5.11 Å². The van der Waals surface area contributed by atoms with Crippen molar-refractivity contribution in [1.82, 2.24) is 4.98 Å². The van der Waals surface area contributed by atoms with E-state index in [1.807, 2.05) is 6.07 Å². The van der Waals surface area contributed by atoms with Crippen molar-refractivity contribution >= 4 is 48.6 Å². The molecule has 1 N–H and O–H groups in total. The fraction of sp³-hybridized carbons (Fsp3) is 0.0769. The highest BCUT2D eigenvalue weighted by molar-refractivity contribution is 9.10. The molecule has 0 saturated heterocycles. The van der Waals surface area contributed by atoms with Gasteiger partial charge in [0.05, 0.1) is 27.0 Å². The molecule has 1 aromatic carbocycles. The van der Waals surface area contributed by atoms with Gasteiger partial charge in [-0.25, -0.2) is 4.79 Å². The van der Waals surface area contributed by atoms with Crippen LogP contribution in [0.25, 0.3) is 0 Å². The predicted molar refractivity (Wildman–Crippen MR) is 83.2 cm³/mol. The molecule has 0 fully saturated rings. The summed E-state index contributed by atoms with van der Waals surface area (Å²) in [4.78, 5) is 15.5. The molecule has 1 unspecified atom stereocenters. The van der Waals surface area contributed by atoms with Crippen molar-refractivity contribution in [2.75, 3.05) is 0 Å². The molecule has 1 atom stereocenters. The lowest BCUT2D eigenvalue weighted by Gasteiger charge is -2.07. The highest BCUT2D eigenvalue weighted by Crippen LogP contribution is 2.22. The quantitative estimate of drug-likeness (QED) is 0.823. The third-order valence-corrected chi connectivity index (χ3v) is 4.83. The second-order valence-corrected chi connectivity index (χ2v) is 7.20. The first kappa shape index (κ1) is 15.3. The number of nitrogens with zero attached hydrogens (tertiary/aromatic N) is 1. The average Bonchev–Trinajstić information content (AvgIpc) is 2.38. The topological polar surface area (TPSA) is 67.3 Å². The van der Waals surface area contributed by atoms with Crippen LogP contribution >= 0.6 is 31.9 Å². The Morgan fingerprint density at radius 1 is 1.20 bits per heavy atom. The van der Waals surface area contributed by atoms with Crippen LogP contribution in [0, 0.1) is 0 Å². The summed E-state index contributed by atoms with van der Waals surface area (Å²) in [6.07, 6.45) is 3.25. The molecule has 104 valence electrons. The van der Waals surface area contributed by atoms with Crippen LogP contribution < -0.4 is 0 Å². The van der Waals surface area contributed by atoms with Crippen LogP contribution in [0.4, 0.5) is 0 Å². The first-order chi connectivity index (χ1) is 9.47. The fourth-order valence-corrected chi connectivity index (χ4v) is 3.83. The summed E-state index contributed by atoms with van der Waals surface area (Å²) in [6.45, 7) is 0. The van der Waals surface area contributed by atoms with E-state index >= 15 is 0 Å². The van der Waals surface area contributed by atoms with E-state index < -0.39 is 16.8 Å². The van der Waals surface area contributed by atoms with Gasteiger partial charge >= 0.3 is 5.97 Å². The highest BCUT2D eigenvalue weighted by atomic mass is 79.9. The molecule has 7 heteroatoms. The molecular weight excluding hydrogens is 410 g/mol. The minimum atomic E-state index is -1.46. The van der Waals surface area contributed by atoms with Gasteiger partial charge in [0.25, 0.3) is 0 Å². The molecule has 20 heavy (non-hydrogen) atoms. The summed E-state index contributed by atoms with van der Waals surface area (Å²) in [5.41, 5.74) is 0.823. The van der Waals surface area contributed by atoms with E-state index in [4.69, 9.17) is 5.11 Å². The molecule has 0 radical (unpaired) electrons. The molecule has 1 aromatic heterocycles. The van der Waals surface area contributed by atoms with Crippen molar-refractivity contribution in [2.45, 2.75) is 10.6 Å². The number of hydrogen-bond acceptors (Lipinski definition) is 3. The number of aromatic carboxylic acids is 1. The lowest BCUT2D eigenvalue weighted by Crippen LogP contribution is -2.06. The Morgan fingerprint density at radius 2 is 1.95 bits per heavy atom. The minimum Gasteiger partial charge on any atom is -0.478 e. The van der Waals surface area contributed by atoms with Crippen molar-refractivity contribution in [3.8, 4) is 0 Å². The molecule has 1 heterocycles. The molecule has 0 saturated carbocycles. The van der Waals surface area contributed by atoms with Crippen molar-refractivity contribution in [2.24, 2.45) is 0 Å². The summed E-state index contributed by atoms with van der Waals surface area (Å²) < 4.78 is 13.9. The molecule has 0 amide bonds. The summed E-state index contributed by atoms with van der Waals surface area (Å²) in [5.74, 6) is -0.878. The summed E-state index contributed by atoms with van der Waals surface area (Å²) in [7, 11) is -1.46. The summed E-state index contributed by atoms with van der Waals surface area (Å²) in [5, 5.41) is 9.15. The smallest absolute Gasteiger partial charge is 0.336 e. The predicted octanol–water partition coefficient (Wildman–Crippen LogP) is 3.61. The lowest BCUT2D eigenvalue weighted by molar-refractivity contribution is 0.0693. The molecule has 0 aliphatic carbocycles. The maximum absolute atomic E-state index is 12.4. The maximum Gasteiger partial charge on any atom is 0.336 e. The first-order valence-corrected chi connectivity index (χ1v) is 8.38. The SMILES string of the molecule is O=C(O)c1ccc(Br)cc1S(=O)Cc1cncc(Br)c1. The van der Waals surface area contributed by atoms with E-state index in [1.165, 1.54) is 6.07 Å². The second kappa shape index (κ2) is 6.60. The van der Waals surface area contributed by atoms with Crippen molar-refractivity contribution in [3.05, 3.63) is 56.7 Å². The average molecular weight is 419 g/mol. The summed E-state index contributed by atoms with van der Waals surface area (Å²) in [6, 6.07) is 6.44. The van der Waals surface area contributed by atoms with Gasteiger partial charge in [-0.2, -0.15) is 0 Å². The second-order valence-electron chi connectivity index (χ2n) is 3.95. The number of rotatable bonds is 4. The molecule has 0 aliphatic heterocycles. The number of hydrogen-bond donors (Lipinski definition) is 1. The van der Waals surface area contributed by atoms with Crippen LogP contribution in [-0.4, -0.2) is 20.3 Å². The molecule has 0 spiro atoms. The summed E-state index contributed by atoms with van der Waals surface area (Å²) >= 11 is 6.56. The van der Waals surface area contributed by atoms with Crippen molar-refractivity contribution < 1.29 is 14.1 Å². The number of halogens is 2. The number of pyridine rings is 1. The first-order valence-electron chi connectivity index (χ1n) is 5.48. The van der Waals surface area contributed by atoms with Crippen LogP contribution in [0.15, 0.2) is 50.5 Å². The lowest BCUT2D eigenvalue weighted by atomic mass is 10.2. The van der Waals surface area contributed by atoms with E-state index in [0.717, 1.165) is 10.0 Å². The van der Waals surface area contributed by atoms with E-state index in [0.29, 0.717) is 9.37 Å². The monoisotopic (exact) mass is 417 g/mol. The Morgan fingerprint density at radius 3 is 2.60 bits per heavy atom. The van der Waals surface area contributed by atoms with Gasteiger partial charge in [0.2, 0.25) is 0 Å². The molecule has 2 rings (SSSR count). The van der Waals surface area contributed by atoms with E-state index in [1.54, 1.807) is 24.5 Å². The van der Waals surface area contributed by atoms with Gasteiger partial charge in [-0.3, -0.25) is 9.19 Å². The number of carboxylic acid groups (broad SMARTS) is 1. The number of benzene rings is 1. The van der Waals surface area contributed by atoms with Crippen LogP contribution in [0.2, 0.25) is 0 Å². The van der Waals surface area contributed by atoms with Gasteiger partial charge in [-0.1, -0.05) is 15.9 Å². The minimum absolute atomic E-state index is 0.0505. The molecule has 0 bridgehead atoms. The fourth-order valence-electron chi connectivity index (χ4n) is 1.63. The molecule has 2 aromatic rings. The molecule has 4 nitrogen and oxygen atoms in total. The van der Waals surface area contributed by atoms with Crippen LogP contribution in [0.3, 0.4) is 0 Å². The number of aromatic nitrogens is 1. The molecular formula is C13H9Br2NO3S. The van der Waals surface area contributed by atoms with E-state index in [-0.39, 0.29) is 11.3 Å². The maximum atomic E-state index is 12.4. The Bertz CT molecular complexity index is 691. The zero-order valence-electron chi connectivity index (χ0n) is 10.0. The van der Waals surface area contributed by atoms with Crippen molar-refractivity contribution in [3.63, 3.8) is 0 Å². The van der Waals surface area contributed by atoms with Gasteiger partial charge in [0.1, 0.15) is 0 Å². The zero-order chi connectivity index (χ0) is 14.7. The van der Waals surface area contributed by atoms with Gasteiger partial charge in [-0.15, -0.1) is 0 Å². The Hall–Kier alpha value is -1.05. The van der Waals surface area contributed by atoms with Crippen LogP contribution in [0.1, 0.15) is 15.9 Å². The Balaban J connectivity index is 2.34. The van der Waals surface area contributed by atoms with E-state index in [9.17, 15) is 9.00 Å². The Kier molecular flexibility index (Phi) is 5.06. The molecule has 0 aliphatic rings. The standard InChI is InChI=1S/C13H9Br2NO3S/c14-9-1-2-11(13(17)18)12(4-9)20(19)7-8-3-10(15)6-16-5-8/h1-6H,7H2,(H,17,18). The van der Waals surface area contributed by atoms with Gasteiger partial charge in [0, 0.05) is 21.3 Å². The highest BCUT2D eigenvalue weighted by Gasteiger charge is 2.16. The van der Waals surface area contributed by atoms with Crippen LogP contribution in [0.5, 0.6) is 0 Å². The van der Waals surface area contributed by atoms with Crippen molar-refractivity contribution in [1.29, 1.82) is 0 Å². The van der Waals surface area contributed by atoms with Gasteiger partial charge in [-0.05, 0) is 45.8 Å². The number of carboxylic acids is 1. The van der Waals surface area contributed by atoms with E-state index in [2.05, 4.69) is 36.8 Å². The largest absolute Gasteiger partial charge is 0.478 e.